The Bertz CT molecular complexity index is 191. The number of carbonyl (C=O) groups is 1. The molecule has 0 unspecified atom stereocenters. The lowest BCUT2D eigenvalue weighted by Gasteiger charge is -2.26. The van der Waals surface area contributed by atoms with E-state index in [1.807, 2.05) is 0 Å². The summed E-state index contributed by atoms with van der Waals surface area (Å²) in [4.78, 5) is 13.7. The fourth-order valence-corrected chi connectivity index (χ4v) is 1.76. The van der Waals surface area contributed by atoms with Crippen LogP contribution in [0.5, 0.6) is 0 Å². The van der Waals surface area contributed by atoms with Crippen LogP contribution in [0.2, 0.25) is 0 Å². The highest BCUT2D eigenvalue weighted by Crippen LogP contribution is 2.02. The predicted molar refractivity (Wildman–Crippen MR) is 64.2 cm³/mol. The smallest absolute Gasteiger partial charge is 0.220 e. The average molecular weight is 228 g/mol. The Morgan fingerprint density at radius 3 is 2.69 bits per heavy atom. The van der Waals surface area contributed by atoms with Gasteiger partial charge in [0.1, 0.15) is 0 Å². The van der Waals surface area contributed by atoms with Gasteiger partial charge >= 0.3 is 0 Å². The van der Waals surface area contributed by atoms with Gasteiger partial charge < -0.3 is 10.1 Å². The van der Waals surface area contributed by atoms with E-state index in [0.717, 1.165) is 32.7 Å². The zero-order chi connectivity index (χ0) is 11.6. The number of hydrogen-bond acceptors (Lipinski definition) is 3. The third-order valence-electron chi connectivity index (χ3n) is 2.86. The molecule has 4 nitrogen and oxygen atoms in total. The number of morpholine rings is 1. The number of nitrogens with zero attached hydrogens (tertiary/aromatic N) is 1. The highest BCUT2D eigenvalue weighted by molar-refractivity contribution is 5.75. The Morgan fingerprint density at radius 2 is 2.00 bits per heavy atom. The Morgan fingerprint density at radius 1 is 1.25 bits per heavy atom. The zero-order valence-corrected chi connectivity index (χ0v) is 10.3. The van der Waals surface area contributed by atoms with Crippen molar-refractivity contribution >= 4 is 5.91 Å². The van der Waals surface area contributed by atoms with Crippen LogP contribution in [-0.2, 0) is 9.53 Å². The number of amides is 1. The summed E-state index contributed by atoms with van der Waals surface area (Å²) in [5.74, 6) is 0.183. The molecule has 0 aliphatic carbocycles. The molecular formula is C12H24N2O2. The molecule has 1 heterocycles. The van der Waals surface area contributed by atoms with E-state index in [4.69, 9.17) is 4.74 Å². The summed E-state index contributed by atoms with van der Waals surface area (Å²) in [7, 11) is 0. The fraction of sp³-hybridized carbons (Fsp3) is 0.917. The van der Waals surface area contributed by atoms with E-state index >= 15 is 0 Å². The van der Waals surface area contributed by atoms with Crippen LogP contribution in [0.25, 0.3) is 0 Å². The van der Waals surface area contributed by atoms with Crippen LogP contribution in [0, 0.1) is 0 Å². The molecule has 0 spiro atoms. The number of rotatable bonds is 7. The second-order valence-corrected chi connectivity index (χ2v) is 4.30. The Hall–Kier alpha value is -0.610. The van der Waals surface area contributed by atoms with Crippen molar-refractivity contribution in [3.8, 4) is 0 Å². The van der Waals surface area contributed by atoms with Gasteiger partial charge in [0.15, 0.2) is 0 Å². The number of unbranched alkanes of at least 4 members (excludes halogenated alkanes) is 3. The van der Waals surface area contributed by atoms with Crippen molar-refractivity contribution in [3.05, 3.63) is 0 Å². The van der Waals surface area contributed by atoms with Crippen LogP contribution in [0.3, 0.4) is 0 Å². The second kappa shape index (κ2) is 8.53. The van der Waals surface area contributed by atoms with Crippen molar-refractivity contribution in [1.29, 1.82) is 0 Å². The zero-order valence-electron chi connectivity index (χ0n) is 10.3. The summed E-state index contributed by atoms with van der Waals surface area (Å²) >= 11 is 0. The van der Waals surface area contributed by atoms with E-state index in [1.54, 1.807) is 0 Å². The van der Waals surface area contributed by atoms with Gasteiger partial charge in [0, 0.05) is 19.5 Å². The van der Waals surface area contributed by atoms with Gasteiger partial charge in [-0.05, 0) is 6.42 Å². The molecule has 0 radical (unpaired) electrons. The highest BCUT2D eigenvalue weighted by atomic mass is 16.5. The summed E-state index contributed by atoms with van der Waals surface area (Å²) in [6.45, 7) is 6.28. The van der Waals surface area contributed by atoms with E-state index in [0.29, 0.717) is 13.1 Å². The molecule has 94 valence electrons. The number of nitrogens with one attached hydrogen (secondary N) is 1. The van der Waals surface area contributed by atoms with Crippen molar-refractivity contribution in [2.45, 2.75) is 39.0 Å². The molecule has 0 aromatic carbocycles. The van der Waals surface area contributed by atoms with Gasteiger partial charge in [-0.15, -0.1) is 0 Å². The van der Waals surface area contributed by atoms with Gasteiger partial charge in [-0.25, -0.2) is 0 Å². The summed E-state index contributed by atoms with van der Waals surface area (Å²) in [6.07, 6.45) is 5.31. The van der Waals surface area contributed by atoms with E-state index in [2.05, 4.69) is 17.1 Å². The molecule has 1 aliphatic rings. The van der Waals surface area contributed by atoms with Crippen molar-refractivity contribution in [1.82, 2.24) is 10.2 Å². The predicted octanol–water partition coefficient (Wildman–Crippen LogP) is 1.36. The monoisotopic (exact) mass is 228 g/mol. The molecule has 16 heavy (non-hydrogen) atoms. The third-order valence-corrected chi connectivity index (χ3v) is 2.86. The first-order chi connectivity index (χ1) is 7.83. The van der Waals surface area contributed by atoms with Gasteiger partial charge in [0.25, 0.3) is 0 Å². The first-order valence-electron chi connectivity index (χ1n) is 6.39. The topological polar surface area (TPSA) is 41.6 Å². The highest BCUT2D eigenvalue weighted by Gasteiger charge is 2.10. The van der Waals surface area contributed by atoms with Crippen LogP contribution in [0.1, 0.15) is 39.0 Å². The van der Waals surface area contributed by atoms with Crippen molar-refractivity contribution in [2.24, 2.45) is 0 Å². The molecule has 1 N–H and O–H groups in total. The lowest BCUT2D eigenvalue weighted by molar-refractivity contribution is -0.122. The minimum absolute atomic E-state index is 0.183. The standard InChI is InChI=1S/C12H24N2O2/c1-2-3-4-5-6-12(15)13-11-14-7-9-16-10-8-14/h2-11H2,1H3,(H,13,15). The molecule has 1 aliphatic heterocycles. The largest absolute Gasteiger partial charge is 0.379 e. The molecule has 1 saturated heterocycles. The van der Waals surface area contributed by atoms with E-state index < -0.39 is 0 Å². The number of hydrogen-bond donors (Lipinski definition) is 1. The molecule has 4 heteroatoms. The van der Waals surface area contributed by atoms with Crippen molar-refractivity contribution in [2.75, 3.05) is 33.0 Å². The Balaban J connectivity index is 1.96. The van der Waals surface area contributed by atoms with E-state index in [1.165, 1.54) is 19.3 Å². The summed E-state index contributed by atoms with van der Waals surface area (Å²) in [6, 6.07) is 0. The first kappa shape index (κ1) is 13.5. The summed E-state index contributed by atoms with van der Waals surface area (Å²) in [5.41, 5.74) is 0. The van der Waals surface area contributed by atoms with Crippen LogP contribution < -0.4 is 5.32 Å². The number of carbonyl (C=O) groups excluding carboxylic acids is 1. The SMILES string of the molecule is CCCCCCC(=O)NCN1CCOCC1. The number of ether oxygens (including phenoxy) is 1. The minimum atomic E-state index is 0.183. The van der Waals surface area contributed by atoms with Gasteiger partial charge in [-0.2, -0.15) is 0 Å². The first-order valence-corrected chi connectivity index (χ1v) is 6.39. The van der Waals surface area contributed by atoms with E-state index in [-0.39, 0.29) is 5.91 Å². The maximum atomic E-state index is 11.5. The molecule has 0 saturated carbocycles. The molecule has 1 fully saturated rings. The quantitative estimate of drug-likeness (QED) is 0.669. The van der Waals surface area contributed by atoms with Crippen molar-refractivity contribution < 1.29 is 9.53 Å². The maximum absolute atomic E-state index is 11.5. The molecule has 0 aromatic heterocycles. The van der Waals surface area contributed by atoms with Crippen LogP contribution in [0.4, 0.5) is 0 Å². The third kappa shape index (κ3) is 6.08. The minimum Gasteiger partial charge on any atom is -0.379 e. The van der Waals surface area contributed by atoms with Gasteiger partial charge in [-0.3, -0.25) is 9.69 Å². The average Bonchev–Trinajstić information content (AvgIpc) is 2.33. The van der Waals surface area contributed by atoms with Crippen molar-refractivity contribution in [3.63, 3.8) is 0 Å². The van der Waals surface area contributed by atoms with E-state index in [9.17, 15) is 4.79 Å². The molecule has 0 aromatic rings. The van der Waals surface area contributed by atoms with Gasteiger partial charge in [0.05, 0.1) is 19.9 Å². The molecular weight excluding hydrogens is 204 g/mol. The summed E-state index contributed by atoms with van der Waals surface area (Å²) in [5, 5.41) is 2.96. The lowest BCUT2D eigenvalue weighted by atomic mass is 10.1. The Kier molecular flexibility index (Phi) is 7.17. The Labute approximate surface area is 98.3 Å². The molecule has 0 atom stereocenters. The fourth-order valence-electron chi connectivity index (χ4n) is 1.76. The van der Waals surface area contributed by atoms with Crippen LogP contribution in [0.15, 0.2) is 0 Å². The molecule has 1 rings (SSSR count). The molecule has 1 amide bonds. The van der Waals surface area contributed by atoms with Gasteiger partial charge in [0.2, 0.25) is 5.91 Å². The molecule has 0 bridgehead atoms. The second-order valence-electron chi connectivity index (χ2n) is 4.30. The lowest BCUT2D eigenvalue weighted by Crippen LogP contribution is -2.43. The maximum Gasteiger partial charge on any atom is 0.220 e. The summed E-state index contributed by atoms with van der Waals surface area (Å²) < 4.78 is 5.24. The van der Waals surface area contributed by atoms with Gasteiger partial charge in [-0.1, -0.05) is 26.2 Å². The normalized spacial score (nSPS) is 17.3. The van der Waals surface area contributed by atoms with Crippen LogP contribution >= 0.6 is 0 Å². The van der Waals surface area contributed by atoms with Crippen LogP contribution in [-0.4, -0.2) is 43.8 Å².